The Kier molecular flexibility index (Phi) is 2.71. The summed E-state index contributed by atoms with van der Waals surface area (Å²) >= 11 is 0. The lowest BCUT2D eigenvalue weighted by molar-refractivity contribution is 0.671. The maximum atomic E-state index is 11.6. The minimum atomic E-state index is -0.143. The van der Waals surface area contributed by atoms with Crippen LogP contribution in [0.25, 0.3) is 11.6 Å². The van der Waals surface area contributed by atoms with Crippen LogP contribution in [0.1, 0.15) is 18.5 Å². The van der Waals surface area contributed by atoms with Crippen LogP contribution in [-0.4, -0.2) is 25.6 Å². The predicted molar refractivity (Wildman–Crippen MR) is 66.9 cm³/mol. The highest BCUT2D eigenvalue weighted by atomic mass is 16.1. The highest BCUT2D eigenvalue weighted by Gasteiger charge is 2.20. The number of aromatic amines is 1. The molecule has 0 aromatic carbocycles. The van der Waals surface area contributed by atoms with Crippen LogP contribution in [0.4, 0.5) is 0 Å². The Morgan fingerprint density at radius 1 is 1.56 bits per heavy atom. The SMILES string of the molecule is Cn1ccnc1-c1nc(CNC2CC2)cc(=O)[nH]1. The molecule has 3 rings (SSSR count). The van der Waals surface area contributed by atoms with E-state index in [1.165, 1.54) is 18.9 Å². The van der Waals surface area contributed by atoms with Crippen molar-refractivity contribution in [3.8, 4) is 11.6 Å². The summed E-state index contributed by atoms with van der Waals surface area (Å²) in [6.45, 7) is 0.631. The molecule has 0 aliphatic heterocycles. The summed E-state index contributed by atoms with van der Waals surface area (Å²) in [5, 5.41) is 3.34. The normalized spacial score (nSPS) is 14.9. The van der Waals surface area contributed by atoms with Crippen LogP contribution in [-0.2, 0) is 13.6 Å². The fourth-order valence-electron chi connectivity index (χ4n) is 1.83. The molecule has 6 nitrogen and oxygen atoms in total. The number of nitrogens with one attached hydrogen (secondary N) is 2. The lowest BCUT2D eigenvalue weighted by Gasteiger charge is -2.05. The molecule has 0 saturated heterocycles. The van der Waals surface area contributed by atoms with Crippen molar-refractivity contribution >= 4 is 0 Å². The van der Waals surface area contributed by atoms with Gasteiger partial charge in [0.1, 0.15) is 0 Å². The number of rotatable bonds is 4. The van der Waals surface area contributed by atoms with Gasteiger partial charge in [0, 0.05) is 38.1 Å². The number of nitrogens with zero attached hydrogens (tertiary/aromatic N) is 3. The number of H-pyrrole nitrogens is 1. The van der Waals surface area contributed by atoms with E-state index in [-0.39, 0.29) is 5.56 Å². The molecule has 0 unspecified atom stereocenters. The average molecular weight is 245 g/mol. The molecule has 1 aliphatic rings. The second kappa shape index (κ2) is 4.38. The zero-order valence-corrected chi connectivity index (χ0v) is 10.2. The van der Waals surface area contributed by atoms with Crippen molar-refractivity contribution in [2.45, 2.75) is 25.4 Å². The Bertz CT molecular complexity index is 611. The first-order valence-electron chi connectivity index (χ1n) is 6.04. The summed E-state index contributed by atoms with van der Waals surface area (Å²) in [6, 6.07) is 2.13. The molecule has 0 amide bonds. The summed E-state index contributed by atoms with van der Waals surface area (Å²) in [5.74, 6) is 1.18. The third-order valence-corrected chi connectivity index (χ3v) is 2.98. The van der Waals surface area contributed by atoms with E-state index in [1.54, 1.807) is 6.20 Å². The van der Waals surface area contributed by atoms with Gasteiger partial charge in [-0.1, -0.05) is 0 Å². The molecule has 94 valence electrons. The van der Waals surface area contributed by atoms with Crippen LogP contribution >= 0.6 is 0 Å². The van der Waals surface area contributed by atoms with Gasteiger partial charge in [0.25, 0.3) is 5.56 Å². The Hall–Kier alpha value is -1.95. The van der Waals surface area contributed by atoms with Crippen LogP contribution in [0.5, 0.6) is 0 Å². The van der Waals surface area contributed by atoms with Crippen LogP contribution in [0.15, 0.2) is 23.3 Å². The fraction of sp³-hybridized carbons (Fsp3) is 0.417. The van der Waals surface area contributed by atoms with E-state index in [2.05, 4.69) is 20.3 Å². The molecule has 18 heavy (non-hydrogen) atoms. The topological polar surface area (TPSA) is 75.6 Å². The highest BCUT2D eigenvalue weighted by molar-refractivity contribution is 5.43. The third-order valence-electron chi connectivity index (χ3n) is 2.98. The number of imidazole rings is 1. The van der Waals surface area contributed by atoms with Gasteiger partial charge in [-0.25, -0.2) is 9.97 Å². The maximum Gasteiger partial charge on any atom is 0.251 e. The molecular weight excluding hydrogens is 230 g/mol. The Labute approximate surface area is 104 Å². The second-order valence-electron chi connectivity index (χ2n) is 4.60. The van der Waals surface area contributed by atoms with E-state index < -0.39 is 0 Å². The highest BCUT2D eigenvalue weighted by Crippen LogP contribution is 2.19. The van der Waals surface area contributed by atoms with E-state index in [0.717, 1.165) is 5.69 Å². The number of aryl methyl sites for hydroxylation is 1. The van der Waals surface area contributed by atoms with Crippen molar-refractivity contribution in [2.75, 3.05) is 0 Å². The Balaban J connectivity index is 1.89. The minimum Gasteiger partial charge on any atom is -0.331 e. The van der Waals surface area contributed by atoms with Crippen LogP contribution < -0.4 is 10.9 Å². The average Bonchev–Trinajstić information content (AvgIpc) is 3.07. The van der Waals surface area contributed by atoms with Crippen molar-refractivity contribution in [2.24, 2.45) is 7.05 Å². The van der Waals surface area contributed by atoms with Gasteiger partial charge < -0.3 is 14.9 Å². The maximum absolute atomic E-state index is 11.6. The molecule has 0 bridgehead atoms. The van der Waals surface area contributed by atoms with Crippen molar-refractivity contribution in [3.05, 3.63) is 34.5 Å². The van der Waals surface area contributed by atoms with E-state index in [0.29, 0.717) is 24.2 Å². The lowest BCUT2D eigenvalue weighted by atomic mass is 10.3. The Morgan fingerprint density at radius 3 is 3.06 bits per heavy atom. The molecule has 2 aromatic heterocycles. The Morgan fingerprint density at radius 2 is 2.39 bits per heavy atom. The molecule has 6 heteroatoms. The van der Waals surface area contributed by atoms with E-state index in [4.69, 9.17) is 0 Å². The summed E-state index contributed by atoms with van der Waals surface area (Å²) in [6.07, 6.45) is 5.94. The molecule has 2 heterocycles. The van der Waals surface area contributed by atoms with Gasteiger partial charge in [-0.15, -0.1) is 0 Å². The summed E-state index contributed by atoms with van der Waals surface area (Å²) in [4.78, 5) is 23.0. The number of hydrogen-bond donors (Lipinski definition) is 2. The molecule has 1 aliphatic carbocycles. The molecule has 0 atom stereocenters. The summed E-state index contributed by atoms with van der Waals surface area (Å²) in [5.41, 5.74) is 0.610. The van der Waals surface area contributed by atoms with Crippen LogP contribution in [0, 0.1) is 0 Å². The summed E-state index contributed by atoms with van der Waals surface area (Å²) < 4.78 is 1.83. The lowest BCUT2D eigenvalue weighted by Crippen LogP contribution is -2.20. The largest absolute Gasteiger partial charge is 0.331 e. The quantitative estimate of drug-likeness (QED) is 0.818. The smallest absolute Gasteiger partial charge is 0.251 e. The van der Waals surface area contributed by atoms with Gasteiger partial charge in [0.05, 0.1) is 5.69 Å². The molecule has 1 saturated carbocycles. The van der Waals surface area contributed by atoms with Gasteiger partial charge in [-0.2, -0.15) is 0 Å². The van der Waals surface area contributed by atoms with Crippen molar-refractivity contribution in [1.82, 2.24) is 24.8 Å². The van der Waals surface area contributed by atoms with E-state index >= 15 is 0 Å². The molecule has 1 fully saturated rings. The van der Waals surface area contributed by atoms with Crippen molar-refractivity contribution < 1.29 is 0 Å². The monoisotopic (exact) mass is 245 g/mol. The first kappa shape index (κ1) is 11.2. The predicted octanol–water partition coefficient (Wildman–Crippen LogP) is 0.422. The van der Waals surface area contributed by atoms with Crippen molar-refractivity contribution in [3.63, 3.8) is 0 Å². The second-order valence-corrected chi connectivity index (χ2v) is 4.60. The minimum absolute atomic E-state index is 0.143. The van der Waals surface area contributed by atoms with Crippen LogP contribution in [0.2, 0.25) is 0 Å². The van der Waals surface area contributed by atoms with E-state index in [9.17, 15) is 4.79 Å². The molecule has 0 spiro atoms. The zero-order valence-electron chi connectivity index (χ0n) is 10.2. The van der Waals surface area contributed by atoms with Gasteiger partial charge >= 0.3 is 0 Å². The van der Waals surface area contributed by atoms with Gasteiger partial charge in [-0.3, -0.25) is 4.79 Å². The molecule has 0 radical (unpaired) electrons. The standard InChI is InChI=1S/C12H15N5O/c1-17-5-4-13-12(17)11-15-9(6-10(18)16-11)7-14-8-2-3-8/h4-6,8,14H,2-3,7H2,1H3,(H,15,16,18). The van der Waals surface area contributed by atoms with Gasteiger partial charge in [-0.05, 0) is 12.8 Å². The van der Waals surface area contributed by atoms with Gasteiger partial charge in [0.2, 0.25) is 0 Å². The molecule has 2 aromatic rings. The van der Waals surface area contributed by atoms with Crippen LogP contribution in [0.3, 0.4) is 0 Å². The third kappa shape index (κ3) is 2.33. The van der Waals surface area contributed by atoms with E-state index in [1.807, 2.05) is 17.8 Å². The first-order chi connectivity index (χ1) is 8.72. The zero-order chi connectivity index (χ0) is 12.5. The molecule has 2 N–H and O–H groups in total. The number of aromatic nitrogens is 4. The number of hydrogen-bond acceptors (Lipinski definition) is 4. The fourth-order valence-corrected chi connectivity index (χ4v) is 1.83. The summed E-state index contributed by atoms with van der Waals surface area (Å²) in [7, 11) is 1.87. The van der Waals surface area contributed by atoms with Crippen molar-refractivity contribution in [1.29, 1.82) is 0 Å². The molecular formula is C12H15N5O. The first-order valence-corrected chi connectivity index (χ1v) is 6.04. The van der Waals surface area contributed by atoms with Gasteiger partial charge in [0.15, 0.2) is 11.6 Å².